The molecule has 1 N–H and O–H groups in total. The number of hydrogen-bond acceptors (Lipinski definition) is 2. The Morgan fingerprint density at radius 1 is 1.31 bits per heavy atom. The lowest BCUT2D eigenvalue weighted by Gasteiger charge is -2.36. The molecule has 3 heteroatoms. The van der Waals surface area contributed by atoms with Crippen molar-refractivity contribution in [1.82, 2.24) is 0 Å². The van der Waals surface area contributed by atoms with E-state index in [4.69, 9.17) is 9.53 Å². The van der Waals surface area contributed by atoms with E-state index >= 15 is 0 Å². The summed E-state index contributed by atoms with van der Waals surface area (Å²) in [7, 11) is -1.67. The predicted molar refractivity (Wildman–Crippen MR) is 71.8 cm³/mol. The summed E-state index contributed by atoms with van der Waals surface area (Å²) >= 11 is 0. The molecule has 0 aromatic carbocycles. The van der Waals surface area contributed by atoms with E-state index in [1.165, 1.54) is 0 Å². The zero-order valence-electron chi connectivity index (χ0n) is 11.2. The second-order valence-electron chi connectivity index (χ2n) is 5.49. The lowest BCUT2D eigenvalue weighted by molar-refractivity contribution is 0.317. The Balaban J connectivity index is 4.11. The fraction of sp³-hybridized carbons (Fsp3) is 0.692. The molecule has 0 unspecified atom stereocenters. The van der Waals surface area contributed by atoms with Gasteiger partial charge in [-0.25, -0.2) is 0 Å². The maximum absolute atomic E-state index is 8.52. The summed E-state index contributed by atoms with van der Waals surface area (Å²) in [5, 5.41) is 8.74. The lowest BCUT2D eigenvalue weighted by atomic mass is 10.2. The highest BCUT2D eigenvalue weighted by Crippen LogP contribution is 2.36. The molecule has 0 fully saturated rings. The van der Waals surface area contributed by atoms with Crippen molar-refractivity contribution >= 4 is 8.32 Å². The van der Waals surface area contributed by atoms with Gasteiger partial charge in [0.15, 0.2) is 8.32 Å². The molecule has 0 atom stereocenters. The minimum absolute atomic E-state index is 0.0869. The molecule has 16 heavy (non-hydrogen) atoms. The van der Waals surface area contributed by atoms with Gasteiger partial charge in [-0.2, -0.15) is 0 Å². The van der Waals surface area contributed by atoms with Gasteiger partial charge in [-0.15, -0.1) is 0 Å². The van der Waals surface area contributed by atoms with Gasteiger partial charge >= 0.3 is 0 Å². The van der Waals surface area contributed by atoms with Gasteiger partial charge in [0.05, 0.1) is 6.61 Å². The molecule has 0 saturated carbocycles. The summed E-state index contributed by atoms with van der Waals surface area (Å²) in [5.41, 5.74) is 0.978. The van der Waals surface area contributed by atoms with Gasteiger partial charge in [0.2, 0.25) is 0 Å². The molecule has 0 radical (unpaired) electrons. The highest BCUT2D eigenvalue weighted by molar-refractivity contribution is 6.74. The van der Waals surface area contributed by atoms with E-state index in [1.54, 1.807) is 0 Å². The Kier molecular flexibility index (Phi) is 6.02. The van der Waals surface area contributed by atoms with Gasteiger partial charge in [0.1, 0.15) is 6.61 Å². The van der Waals surface area contributed by atoms with Gasteiger partial charge in [0, 0.05) is 6.42 Å². The maximum atomic E-state index is 8.52. The first-order valence-corrected chi connectivity index (χ1v) is 8.49. The topological polar surface area (TPSA) is 29.5 Å². The molecular formula is C13H24O2Si. The summed E-state index contributed by atoms with van der Waals surface area (Å²) < 4.78 is 6.00. The Hall–Kier alpha value is -0.563. The highest BCUT2D eigenvalue weighted by Gasteiger charge is 2.36. The van der Waals surface area contributed by atoms with E-state index in [1.807, 2.05) is 0 Å². The molecule has 0 aromatic heterocycles. The van der Waals surface area contributed by atoms with Crippen molar-refractivity contribution in [3.63, 3.8) is 0 Å². The van der Waals surface area contributed by atoms with Crippen LogP contribution < -0.4 is 0 Å². The summed E-state index contributed by atoms with van der Waals surface area (Å²) in [6.07, 6.45) is 0.606. The van der Waals surface area contributed by atoms with Crippen LogP contribution in [0.4, 0.5) is 0 Å². The Labute approximate surface area is 101 Å². The van der Waals surface area contributed by atoms with Gasteiger partial charge in [-0.05, 0) is 23.7 Å². The fourth-order valence-electron chi connectivity index (χ4n) is 0.793. The zero-order valence-corrected chi connectivity index (χ0v) is 12.2. The molecule has 0 spiro atoms. The molecule has 0 aliphatic carbocycles. The monoisotopic (exact) mass is 240 g/mol. The molecule has 2 nitrogen and oxygen atoms in total. The third-order valence-corrected chi connectivity index (χ3v) is 7.46. The Bertz CT molecular complexity index is 289. The van der Waals surface area contributed by atoms with Crippen LogP contribution >= 0.6 is 0 Å². The van der Waals surface area contributed by atoms with E-state index in [-0.39, 0.29) is 11.6 Å². The van der Waals surface area contributed by atoms with E-state index < -0.39 is 8.32 Å². The van der Waals surface area contributed by atoms with E-state index in [9.17, 15) is 0 Å². The first-order chi connectivity index (χ1) is 7.20. The third kappa shape index (κ3) is 5.50. The number of rotatable bonds is 4. The van der Waals surface area contributed by atoms with Crippen molar-refractivity contribution in [3.8, 4) is 11.8 Å². The van der Waals surface area contributed by atoms with Crippen molar-refractivity contribution in [3.05, 3.63) is 12.2 Å². The van der Waals surface area contributed by atoms with Crippen LogP contribution in [0.25, 0.3) is 0 Å². The van der Waals surface area contributed by atoms with E-state index in [0.717, 1.165) is 5.57 Å². The smallest absolute Gasteiger partial charge is 0.192 e. The van der Waals surface area contributed by atoms with Crippen molar-refractivity contribution < 1.29 is 9.53 Å². The van der Waals surface area contributed by atoms with Crippen molar-refractivity contribution in [2.45, 2.75) is 45.3 Å². The Morgan fingerprint density at radius 2 is 1.88 bits per heavy atom. The molecule has 0 saturated heterocycles. The number of aliphatic hydroxyl groups is 1. The van der Waals surface area contributed by atoms with Gasteiger partial charge < -0.3 is 9.53 Å². The van der Waals surface area contributed by atoms with E-state index in [0.29, 0.717) is 13.0 Å². The van der Waals surface area contributed by atoms with Crippen LogP contribution in [0.2, 0.25) is 18.1 Å². The second-order valence-corrected chi connectivity index (χ2v) is 10.3. The van der Waals surface area contributed by atoms with Crippen molar-refractivity contribution in [1.29, 1.82) is 0 Å². The average Bonchev–Trinajstić information content (AvgIpc) is 2.13. The first-order valence-electron chi connectivity index (χ1n) is 5.58. The summed E-state index contributed by atoms with van der Waals surface area (Å²) in [5.74, 6) is 5.45. The van der Waals surface area contributed by atoms with Crippen LogP contribution in [0.3, 0.4) is 0 Å². The quantitative estimate of drug-likeness (QED) is 0.465. The van der Waals surface area contributed by atoms with Crippen molar-refractivity contribution in [2.24, 2.45) is 0 Å². The van der Waals surface area contributed by atoms with Crippen LogP contribution in [0.1, 0.15) is 27.2 Å². The minimum atomic E-state index is -1.67. The summed E-state index contributed by atoms with van der Waals surface area (Å²) in [6, 6.07) is 0. The molecular weight excluding hydrogens is 216 g/mol. The molecule has 0 bridgehead atoms. The van der Waals surface area contributed by atoms with Gasteiger partial charge in [-0.1, -0.05) is 39.2 Å². The molecule has 0 aromatic rings. The largest absolute Gasteiger partial charge is 0.413 e. The number of hydrogen-bond donors (Lipinski definition) is 1. The first kappa shape index (κ1) is 15.4. The lowest BCUT2D eigenvalue weighted by Crippen LogP contribution is -2.41. The van der Waals surface area contributed by atoms with Crippen LogP contribution in [-0.2, 0) is 4.43 Å². The van der Waals surface area contributed by atoms with Gasteiger partial charge in [0.25, 0.3) is 0 Å². The highest BCUT2D eigenvalue weighted by atomic mass is 28.4. The summed E-state index contributed by atoms with van der Waals surface area (Å²) in [4.78, 5) is 0. The van der Waals surface area contributed by atoms with Crippen LogP contribution in [0, 0.1) is 11.8 Å². The molecule has 0 aliphatic rings. The third-order valence-electron chi connectivity index (χ3n) is 2.99. The fourth-order valence-corrected chi connectivity index (χ4v) is 1.79. The van der Waals surface area contributed by atoms with Crippen LogP contribution in [0.5, 0.6) is 0 Å². The minimum Gasteiger partial charge on any atom is -0.413 e. The van der Waals surface area contributed by atoms with E-state index in [2.05, 4.69) is 52.3 Å². The molecule has 0 rings (SSSR count). The SMILES string of the molecule is C=C(CC#CCO)CO[Si](C)(C)C(C)(C)C. The molecule has 0 amide bonds. The molecule has 0 heterocycles. The van der Waals surface area contributed by atoms with Crippen LogP contribution in [-0.4, -0.2) is 26.6 Å². The normalized spacial score (nSPS) is 11.9. The molecule has 0 aliphatic heterocycles. The maximum Gasteiger partial charge on any atom is 0.192 e. The number of aliphatic hydroxyl groups excluding tert-OH is 1. The Morgan fingerprint density at radius 3 is 2.31 bits per heavy atom. The zero-order chi connectivity index (χ0) is 12.8. The van der Waals surface area contributed by atoms with Crippen molar-refractivity contribution in [2.75, 3.05) is 13.2 Å². The average molecular weight is 240 g/mol. The standard InChI is InChI=1S/C13H24O2Si/c1-12(9-7-8-10-14)11-15-16(5,6)13(2,3)4/h14H,1,9-11H2,2-6H3. The predicted octanol–water partition coefficient (Wildman–Crippen LogP) is 2.95. The summed E-state index contributed by atoms with van der Waals surface area (Å²) in [6.45, 7) is 15.5. The van der Waals surface area contributed by atoms with Crippen LogP contribution in [0.15, 0.2) is 12.2 Å². The molecule has 92 valence electrons. The second kappa shape index (κ2) is 6.24. The van der Waals surface area contributed by atoms with Gasteiger partial charge in [-0.3, -0.25) is 0 Å².